The maximum Gasteiger partial charge on any atom is 0.227 e. The van der Waals surface area contributed by atoms with Crippen LogP contribution < -0.4 is 4.90 Å². The first-order chi connectivity index (χ1) is 9.79. The van der Waals surface area contributed by atoms with Crippen LogP contribution in [-0.2, 0) is 4.79 Å². The molecule has 21 heavy (non-hydrogen) atoms. The number of amides is 1. The van der Waals surface area contributed by atoms with Crippen molar-refractivity contribution in [1.29, 1.82) is 0 Å². The molecule has 2 rings (SSSR count). The minimum Gasteiger partial charge on any atom is -0.312 e. The van der Waals surface area contributed by atoms with Crippen molar-refractivity contribution < 1.29 is 9.59 Å². The van der Waals surface area contributed by atoms with E-state index in [-0.39, 0.29) is 17.1 Å². The van der Waals surface area contributed by atoms with Gasteiger partial charge in [0.15, 0.2) is 5.78 Å². The van der Waals surface area contributed by atoms with Gasteiger partial charge in [-0.15, -0.1) is 0 Å². The first-order valence-electron chi connectivity index (χ1n) is 7.72. The van der Waals surface area contributed by atoms with E-state index in [1.54, 1.807) is 4.90 Å². The normalized spacial score (nSPS) is 17.1. The average Bonchev–Trinajstić information content (AvgIpc) is 2.84. The van der Waals surface area contributed by atoms with Crippen LogP contribution in [0.25, 0.3) is 0 Å². The van der Waals surface area contributed by atoms with Gasteiger partial charge >= 0.3 is 0 Å². The summed E-state index contributed by atoms with van der Waals surface area (Å²) in [6.07, 6.45) is 2.11. The van der Waals surface area contributed by atoms with Crippen LogP contribution in [-0.4, -0.2) is 18.2 Å². The van der Waals surface area contributed by atoms with Crippen molar-refractivity contribution in [1.82, 2.24) is 0 Å². The zero-order valence-electron chi connectivity index (χ0n) is 13.5. The fourth-order valence-corrected chi connectivity index (χ4v) is 2.45. The van der Waals surface area contributed by atoms with Crippen LogP contribution in [0.2, 0.25) is 0 Å². The minimum absolute atomic E-state index is 0.136. The minimum atomic E-state index is 0.136. The molecule has 1 saturated heterocycles. The third kappa shape index (κ3) is 3.72. The van der Waals surface area contributed by atoms with E-state index in [1.807, 2.05) is 24.3 Å². The van der Waals surface area contributed by atoms with Crippen molar-refractivity contribution >= 4 is 17.4 Å². The largest absolute Gasteiger partial charge is 0.312 e. The lowest BCUT2D eigenvalue weighted by atomic mass is 9.78. The molecule has 0 aliphatic carbocycles. The molecule has 3 nitrogen and oxygen atoms in total. The van der Waals surface area contributed by atoms with Crippen molar-refractivity contribution in [3.05, 3.63) is 29.8 Å². The number of carbonyl (C=O) groups is 2. The quantitative estimate of drug-likeness (QED) is 0.783. The highest BCUT2D eigenvalue weighted by Crippen LogP contribution is 2.29. The van der Waals surface area contributed by atoms with Crippen molar-refractivity contribution in [3.8, 4) is 0 Å². The number of ketones is 1. The monoisotopic (exact) mass is 287 g/mol. The third-order valence-electron chi connectivity index (χ3n) is 4.54. The SMILES string of the molecule is CC(CC(=O)c1ccc(N2CCCC2=O)cc1)C(C)(C)C. The molecule has 1 aliphatic heterocycles. The molecule has 1 aromatic carbocycles. The second-order valence-electron chi connectivity index (χ2n) is 7.09. The maximum atomic E-state index is 12.3. The summed E-state index contributed by atoms with van der Waals surface area (Å²) in [7, 11) is 0. The molecule has 1 fully saturated rings. The van der Waals surface area contributed by atoms with Gasteiger partial charge < -0.3 is 4.90 Å². The van der Waals surface area contributed by atoms with E-state index in [2.05, 4.69) is 27.7 Å². The number of nitrogens with zero attached hydrogens (tertiary/aromatic N) is 1. The van der Waals surface area contributed by atoms with Gasteiger partial charge in [-0.05, 0) is 42.0 Å². The second-order valence-corrected chi connectivity index (χ2v) is 7.09. The summed E-state index contributed by atoms with van der Waals surface area (Å²) in [4.78, 5) is 25.8. The zero-order chi connectivity index (χ0) is 15.6. The maximum absolute atomic E-state index is 12.3. The molecule has 0 spiro atoms. The molecule has 1 unspecified atom stereocenters. The van der Waals surface area contributed by atoms with Gasteiger partial charge in [0.25, 0.3) is 0 Å². The van der Waals surface area contributed by atoms with Gasteiger partial charge in [-0.25, -0.2) is 0 Å². The molecule has 0 aromatic heterocycles. The molecule has 0 radical (unpaired) electrons. The Morgan fingerprint density at radius 3 is 2.33 bits per heavy atom. The Morgan fingerprint density at radius 1 is 1.24 bits per heavy atom. The number of hydrogen-bond donors (Lipinski definition) is 0. The highest BCUT2D eigenvalue weighted by Gasteiger charge is 2.24. The average molecular weight is 287 g/mol. The first kappa shape index (κ1) is 15.7. The van der Waals surface area contributed by atoms with Crippen LogP contribution in [0.4, 0.5) is 5.69 Å². The lowest BCUT2D eigenvalue weighted by Crippen LogP contribution is -2.23. The standard InChI is InChI=1S/C18H25NO2/c1-13(18(2,3)4)12-16(20)14-7-9-15(10-8-14)19-11-5-6-17(19)21/h7-10,13H,5-6,11-12H2,1-4H3. The van der Waals surface area contributed by atoms with E-state index in [9.17, 15) is 9.59 Å². The number of Topliss-reactive ketones (excluding diaryl/α,β-unsaturated/α-hetero) is 1. The van der Waals surface area contributed by atoms with Crippen LogP contribution in [0.1, 0.15) is 57.3 Å². The number of rotatable bonds is 4. The van der Waals surface area contributed by atoms with E-state index in [0.717, 1.165) is 24.2 Å². The third-order valence-corrected chi connectivity index (χ3v) is 4.54. The zero-order valence-corrected chi connectivity index (χ0v) is 13.5. The molecular formula is C18H25NO2. The Morgan fingerprint density at radius 2 is 1.86 bits per heavy atom. The molecule has 3 heteroatoms. The summed E-state index contributed by atoms with van der Waals surface area (Å²) < 4.78 is 0. The molecule has 1 amide bonds. The van der Waals surface area contributed by atoms with Crippen LogP contribution in [0.5, 0.6) is 0 Å². The van der Waals surface area contributed by atoms with Gasteiger partial charge in [0.1, 0.15) is 0 Å². The van der Waals surface area contributed by atoms with E-state index in [4.69, 9.17) is 0 Å². The van der Waals surface area contributed by atoms with Crippen molar-refractivity contribution in [2.75, 3.05) is 11.4 Å². The highest BCUT2D eigenvalue weighted by molar-refractivity contribution is 5.98. The van der Waals surface area contributed by atoms with E-state index in [0.29, 0.717) is 18.8 Å². The van der Waals surface area contributed by atoms with Crippen LogP contribution in [0.3, 0.4) is 0 Å². The lowest BCUT2D eigenvalue weighted by Gasteiger charge is -2.26. The molecule has 1 heterocycles. The van der Waals surface area contributed by atoms with Crippen molar-refractivity contribution in [2.45, 2.75) is 47.0 Å². The number of benzene rings is 1. The van der Waals surface area contributed by atoms with Crippen LogP contribution >= 0.6 is 0 Å². The van der Waals surface area contributed by atoms with Crippen LogP contribution in [0, 0.1) is 11.3 Å². The lowest BCUT2D eigenvalue weighted by molar-refractivity contribution is -0.117. The molecule has 0 bridgehead atoms. The molecule has 1 atom stereocenters. The summed E-state index contributed by atoms with van der Waals surface area (Å²) in [6.45, 7) is 9.38. The van der Waals surface area contributed by atoms with Gasteiger partial charge in [-0.3, -0.25) is 9.59 Å². The van der Waals surface area contributed by atoms with Gasteiger partial charge in [0.2, 0.25) is 5.91 Å². The molecular weight excluding hydrogens is 262 g/mol. The summed E-state index contributed by atoms with van der Waals surface area (Å²) in [5.74, 6) is 0.692. The summed E-state index contributed by atoms with van der Waals surface area (Å²) in [5.41, 5.74) is 1.77. The van der Waals surface area contributed by atoms with Gasteiger partial charge in [0.05, 0.1) is 0 Å². The molecule has 0 saturated carbocycles. The molecule has 114 valence electrons. The predicted molar refractivity (Wildman–Crippen MR) is 85.6 cm³/mol. The smallest absolute Gasteiger partial charge is 0.227 e. The number of hydrogen-bond acceptors (Lipinski definition) is 2. The van der Waals surface area contributed by atoms with Crippen molar-refractivity contribution in [3.63, 3.8) is 0 Å². The van der Waals surface area contributed by atoms with Gasteiger partial charge in [-0.1, -0.05) is 27.7 Å². The highest BCUT2D eigenvalue weighted by atomic mass is 16.2. The Labute approximate surface area is 127 Å². The van der Waals surface area contributed by atoms with E-state index in [1.165, 1.54) is 0 Å². The predicted octanol–water partition coefficient (Wildman–Crippen LogP) is 4.07. The summed E-state index contributed by atoms with van der Waals surface area (Å²) in [5, 5.41) is 0. The number of anilines is 1. The Kier molecular flexibility index (Phi) is 4.50. The topological polar surface area (TPSA) is 37.4 Å². The van der Waals surface area contributed by atoms with Gasteiger partial charge in [-0.2, -0.15) is 0 Å². The fourth-order valence-electron chi connectivity index (χ4n) is 2.45. The summed E-state index contributed by atoms with van der Waals surface area (Å²) in [6, 6.07) is 7.47. The number of carbonyl (C=O) groups excluding carboxylic acids is 2. The van der Waals surface area contributed by atoms with Crippen LogP contribution in [0.15, 0.2) is 24.3 Å². The fraction of sp³-hybridized carbons (Fsp3) is 0.556. The molecule has 1 aromatic rings. The molecule has 1 aliphatic rings. The Hall–Kier alpha value is -1.64. The Balaban J connectivity index is 2.05. The summed E-state index contributed by atoms with van der Waals surface area (Å²) >= 11 is 0. The van der Waals surface area contributed by atoms with Crippen molar-refractivity contribution in [2.24, 2.45) is 11.3 Å². The molecule has 0 N–H and O–H groups in total. The second kappa shape index (κ2) is 6.00. The van der Waals surface area contributed by atoms with E-state index < -0.39 is 0 Å². The van der Waals surface area contributed by atoms with Gasteiger partial charge in [0, 0.05) is 30.6 Å². The van der Waals surface area contributed by atoms with E-state index >= 15 is 0 Å². The Bertz CT molecular complexity index is 525. The first-order valence-corrected chi connectivity index (χ1v) is 7.72.